The van der Waals surface area contributed by atoms with Crippen molar-refractivity contribution >= 4 is 23.2 Å². The first-order valence-electron chi connectivity index (χ1n) is 16.5. The lowest BCUT2D eigenvalue weighted by Crippen LogP contribution is -2.51. The number of pyridine rings is 1. The lowest BCUT2D eigenvalue weighted by Gasteiger charge is -2.40. The molecule has 1 saturated carbocycles. The van der Waals surface area contributed by atoms with Crippen LogP contribution in [0.1, 0.15) is 47.8 Å². The van der Waals surface area contributed by atoms with Gasteiger partial charge in [0.2, 0.25) is 5.91 Å². The molecule has 1 aliphatic carbocycles. The van der Waals surface area contributed by atoms with E-state index in [-0.39, 0.29) is 29.7 Å². The molecule has 0 bridgehead atoms. The standard InChI is InChI=1S/C37H32F2N8O2S/c38-29-7-6-24(17-30(29)39)31-20-41-35(43-31)23-10-12-46(13-11-23)37(49)25-14-27(15-25)42-36(48)26-16-28(19-40-18-26)47-21-32(44-45-47)34-9-8-33(50-34)22-4-2-1-3-5-22/h1-9,16-21,23,25,27H,10-15H2,(H,41,43)(H,42,48). The van der Waals surface area contributed by atoms with E-state index in [0.717, 1.165) is 51.8 Å². The van der Waals surface area contributed by atoms with E-state index in [1.807, 2.05) is 35.4 Å². The molecule has 2 fully saturated rings. The van der Waals surface area contributed by atoms with Crippen molar-refractivity contribution in [1.82, 2.24) is 40.2 Å². The molecule has 0 atom stereocenters. The van der Waals surface area contributed by atoms with Crippen LogP contribution in [0.25, 0.3) is 38.0 Å². The molecule has 6 aromatic rings. The summed E-state index contributed by atoms with van der Waals surface area (Å²) in [5, 5.41) is 11.7. The zero-order chi connectivity index (χ0) is 34.2. The molecule has 0 unspecified atom stereocenters. The maximum Gasteiger partial charge on any atom is 0.253 e. The van der Waals surface area contributed by atoms with E-state index in [0.29, 0.717) is 48.4 Å². The zero-order valence-electron chi connectivity index (χ0n) is 26.8. The molecule has 50 heavy (non-hydrogen) atoms. The average molecular weight is 691 g/mol. The quantitative estimate of drug-likeness (QED) is 0.185. The SMILES string of the molecule is O=C(NC1CC(C(=O)N2CCC(c3ncc(-c4ccc(F)c(F)c4)[nH]3)CC2)C1)c1cncc(-n2cc(-c3ccc(-c4ccccc4)s3)nn2)c1. The summed E-state index contributed by atoms with van der Waals surface area (Å²) in [6.45, 7) is 1.22. The molecule has 4 aromatic heterocycles. The largest absolute Gasteiger partial charge is 0.349 e. The Bertz CT molecular complexity index is 2170. The minimum atomic E-state index is -0.903. The van der Waals surface area contributed by atoms with Crippen LogP contribution in [0.5, 0.6) is 0 Å². The number of nitrogens with one attached hydrogen (secondary N) is 2. The molecule has 1 saturated heterocycles. The Morgan fingerprint density at radius 2 is 1.68 bits per heavy atom. The van der Waals surface area contributed by atoms with E-state index in [4.69, 9.17) is 0 Å². The molecule has 13 heteroatoms. The summed E-state index contributed by atoms with van der Waals surface area (Å²) < 4.78 is 28.6. The van der Waals surface area contributed by atoms with Crippen molar-refractivity contribution in [2.24, 2.45) is 5.92 Å². The van der Waals surface area contributed by atoms with E-state index < -0.39 is 11.6 Å². The zero-order valence-corrected chi connectivity index (χ0v) is 27.6. The number of aromatic nitrogens is 6. The molecule has 2 amide bonds. The van der Waals surface area contributed by atoms with Crippen molar-refractivity contribution < 1.29 is 18.4 Å². The Hall–Kier alpha value is -5.56. The van der Waals surface area contributed by atoms with Gasteiger partial charge in [0.1, 0.15) is 11.5 Å². The van der Waals surface area contributed by atoms with Crippen molar-refractivity contribution in [3.05, 3.63) is 115 Å². The molecule has 2 N–H and O–H groups in total. The van der Waals surface area contributed by atoms with E-state index in [1.165, 1.54) is 12.3 Å². The van der Waals surface area contributed by atoms with Gasteiger partial charge in [0.25, 0.3) is 5.91 Å². The summed E-state index contributed by atoms with van der Waals surface area (Å²) in [7, 11) is 0. The van der Waals surface area contributed by atoms with Gasteiger partial charge in [-0.3, -0.25) is 14.6 Å². The molecule has 1 aliphatic heterocycles. The smallest absolute Gasteiger partial charge is 0.253 e. The fraction of sp³-hybridized carbons (Fsp3) is 0.243. The lowest BCUT2D eigenvalue weighted by atomic mass is 9.78. The third-order valence-corrected chi connectivity index (χ3v) is 10.7. The number of carbonyl (C=O) groups excluding carboxylic acids is 2. The molecule has 252 valence electrons. The van der Waals surface area contributed by atoms with Crippen LogP contribution in [0, 0.1) is 17.6 Å². The van der Waals surface area contributed by atoms with E-state index in [1.54, 1.807) is 34.5 Å². The summed E-state index contributed by atoms with van der Waals surface area (Å²) >= 11 is 1.64. The van der Waals surface area contributed by atoms with Crippen LogP contribution in [-0.2, 0) is 4.79 Å². The molecule has 5 heterocycles. The van der Waals surface area contributed by atoms with Gasteiger partial charge in [-0.15, -0.1) is 16.4 Å². The van der Waals surface area contributed by atoms with Crippen molar-refractivity contribution in [2.45, 2.75) is 37.6 Å². The fourth-order valence-corrected chi connectivity index (χ4v) is 7.57. The second-order valence-electron chi connectivity index (χ2n) is 12.8. The monoisotopic (exact) mass is 690 g/mol. The summed E-state index contributed by atoms with van der Waals surface area (Å²) in [6.07, 6.45) is 9.30. The second kappa shape index (κ2) is 13.4. The molecular formula is C37H32F2N8O2S. The van der Waals surface area contributed by atoms with Gasteiger partial charge >= 0.3 is 0 Å². The highest BCUT2D eigenvalue weighted by molar-refractivity contribution is 7.18. The van der Waals surface area contributed by atoms with Gasteiger partial charge < -0.3 is 15.2 Å². The first-order chi connectivity index (χ1) is 24.4. The van der Waals surface area contributed by atoms with Gasteiger partial charge in [0.05, 0.1) is 40.4 Å². The normalized spacial score (nSPS) is 17.8. The summed E-state index contributed by atoms with van der Waals surface area (Å²) in [5.41, 5.74) is 4.06. The van der Waals surface area contributed by atoms with Gasteiger partial charge in [0.15, 0.2) is 11.6 Å². The van der Waals surface area contributed by atoms with Crippen LogP contribution < -0.4 is 5.32 Å². The van der Waals surface area contributed by atoms with Crippen molar-refractivity contribution in [1.29, 1.82) is 0 Å². The van der Waals surface area contributed by atoms with Gasteiger partial charge in [-0.25, -0.2) is 18.4 Å². The number of aromatic amines is 1. The number of hydrogen-bond acceptors (Lipinski definition) is 7. The van der Waals surface area contributed by atoms with Crippen LogP contribution in [-0.4, -0.2) is 65.8 Å². The Morgan fingerprint density at radius 3 is 2.48 bits per heavy atom. The van der Waals surface area contributed by atoms with Crippen molar-refractivity contribution in [3.8, 4) is 38.0 Å². The maximum absolute atomic E-state index is 13.7. The predicted octanol–water partition coefficient (Wildman–Crippen LogP) is 6.64. The Morgan fingerprint density at radius 1 is 0.880 bits per heavy atom. The summed E-state index contributed by atoms with van der Waals surface area (Å²) in [5.74, 6) is -1.13. The highest BCUT2D eigenvalue weighted by Gasteiger charge is 2.39. The highest BCUT2D eigenvalue weighted by atomic mass is 32.1. The van der Waals surface area contributed by atoms with Gasteiger partial charge in [-0.05, 0) is 67.6 Å². The molecule has 10 nitrogen and oxygen atoms in total. The third kappa shape index (κ3) is 6.43. The Kier molecular flexibility index (Phi) is 8.49. The van der Waals surface area contributed by atoms with Crippen molar-refractivity contribution in [2.75, 3.05) is 13.1 Å². The minimum Gasteiger partial charge on any atom is -0.349 e. The highest BCUT2D eigenvalue weighted by Crippen LogP contribution is 2.35. The summed E-state index contributed by atoms with van der Waals surface area (Å²) in [6, 6.07) is 19.7. The second-order valence-corrected chi connectivity index (χ2v) is 13.8. The van der Waals surface area contributed by atoms with Crippen LogP contribution >= 0.6 is 11.3 Å². The van der Waals surface area contributed by atoms with E-state index in [2.05, 4.69) is 48.8 Å². The molecular weight excluding hydrogens is 659 g/mol. The fourth-order valence-electron chi connectivity index (χ4n) is 6.61. The Balaban J connectivity index is 0.820. The van der Waals surface area contributed by atoms with Crippen LogP contribution in [0.3, 0.4) is 0 Å². The number of halogens is 2. The average Bonchev–Trinajstić information content (AvgIpc) is 3.93. The summed E-state index contributed by atoms with van der Waals surface area (Å²) in [4.78, 5) is 42.4. The van der Waals surface area contributed by atoms with Gasteiger partial charge in [-0.1, -0.05) is 35.5 Å². The topological polar surface area (TPSA) is 122 Å². The van der Waals surface area contributed by atoms with Crippen LogP contribution in [0.2, 0.25) is 0 Å². The lowest BCUT2D eigenvalue weighted by molar-refractivity contribution is -0.140. The molecule has 0 radical (unpaired) electrons. The molecule has 8 rings (SSSR count). The maximum atomic E-state index is 13.7. The van der Waals surface area contributed by atoms with E-state index in [9.17, 15) is 18.4 Å². The number of rotatable bonds is 8. The number of likely N-dealkylation sites (tertiary alicyclic amines) is 1. The molecule has 2 aromatic carbocycles. The first-order valence-corrected chi connectivity index (χ1v) is 17.3. The van der Waals surface area contributed by atoms with Gasteiger partial charge in [-0.2, -0.15) is 0 Å². The number of thiophene rings is 1. The number of carbonyl (C=O) groups is 2. The van der Waals surface area contributed by atoms with Crippen LogP contribution in [0.4, 0.5) is 8.78 Å². The number of benzene rings is 2. The van der Waals surface area contributed by atoms with Crippen molar-refractivity contribution in [3.63, 3.8) is 0 Å². The number of nitrogens with zero attached hydrogens (tertiary/aromatic N) is 6. The number of hydrogen-bond donors (Lipinski definition) is 2. The number of amides is 2. The minimum absolute atomic E-state index is 0.0916. The predicted molar refractivity (Wildman–Crippen MR) is 184 cm³/mol. The first kappa shape index (κ1) is 31.7. The molecule has 0 spiro atoms. The van der Waals surface area contributed by atoms with Crippen LogP contribution in [0.15, 0.2) is 91.5 Å². The van der Waals surface area contributed by atoms with E-state index >= 15 is 0 Å². The third-order valence-electron chi connectivity index (χ3n) is 9.50. The number of imidazole rings is 1. The number of H-pyrrole nitrogens is 1. The van der Waals surface area contributed by atoms with Gasteiger partial charge in [0, 0.05) is 47.6 Å². The number of piperidine rings is 1. The molecule has 2 aliphatic rings. The Labute approximate surface area is 290 Å².